The molecular formula is C19H26N2O2. The normalized spacial score (nSPS) is 15.4. The molecule has 1 N–H and O–H groups in total. The summed E-state index contributed by atoms with van der Waals surface area (Å²) in [5.74, 6) is 0.785. The topological polar surface area (TPSA) is 45.3 Å². The molecule has 1 fully saturated rings. The van der Waals surface area contributed by atoms with Crippen LogP contribution in [0.1, 0.15) is 43.9 Å². The minimum absolute atomic E-state index is 0.143. The number of ether oxygens (including phenoxy) is 1. The number of unbranched alkanes of at least 4 members (excludes halogenated alkanes) is 1. The van der Waals surface area contributed by atoms with Crippen molar-refractivity contribution in [1.82, 2.24) is 9.88 Å². The van der Waals surface area contributed by atoms with E-state index in [2.05, 4.69) is 16.8 Å². The number of aryl methyl sites for hydroxylation is 1. The summed E-state index contributed by atoms with van der Waals surface area (Å²) < 4.78 is 5.75. The van der Waals surface area contributed by atoms with Gasteiger partial charge in [0, 0.05) is 28.7 Å². The molecule has 0 unspecified atom stereocenters. The van der Waals surface area contributed by atoms with Gasteiger partial charge in [-0.05, 0) is 57.5 Å². The predicted molar refractivity (Wildman–Crippen MR) is 94.2 cm³/mol. The number of aromatic nitrogens is 1. The molecule has 3 rings (SSSR count). The molecule has 1 aromatic heterocycles. The number of pyridine rings is 1. The Hall–Kier alpha value is -1.81. The summed E-state index contributed by atoms with van der Waals surface area (Å²) in [7, 11) is 0. The van der Waals surface area contributed by atoms with Crippen molar-refractivity contribution in [2.75, 3.05) is 19.7 Å². The Bertz CT molecular complexity index is 730. The summed E-state index contributed by atoms with van der Waals surface area (Å²) in [4.78, 5) is 18.7. The van der Waals surface area contributed by atoms with Crippen LogP contribution in [-0.2, 0) is 6.54 Å². The van der Waals surface area contributed by atoms with Crippen molar-refractivity contribution in [3.63, 3.8) is 0 Å². The highest BCUT2D eigenvalue weighted by atomic mass is 16.5. The Morgan fingerprint density at radius 2 is 2.04 bits per heavy atom. The SMILES string of the molecule is CCCCOc1ccc2[nH]c(C)c(CN3CCCC3)c(=O)c2c1. The molecular weight excluding hydrogens is 288 g/mol. The van der Waals surface area contributed by atoms with Gasteiger partial charge < -0.3 is 9.72 Å². The quantitative estimate of drug-likeness (QED) is 0.829. The molecule has 0 amide bonds. The number of nitrogens with zero attached hydrogens (tertiary/aromatic N) is 1. The van der Waals surface area contributed by atoms with Crippen LogP contribution in [0, 0.1) is 6.92 Å². The van der Waals surface area contributed by atoms with Gasteiger partial charge in [0.05, 0.1) is 6.61 Å². The Morgan fingerprint density at radius 1 is 1.26 bits per heavy atom. The van der Waals surface area contributed by atoms with Gasteiger partial charge in [-0.1, -0.05) is 13.3 Å². The van der Waals surface area contributed by atoms with Gasteiger partial charge in [0.2, 0.25) is 0 Å². The molecule has 1 aromatic carbocycles. The second kappa shape index (κ2) is 7.18. The number of benzene rings is 1. The van der Waals surface area contributed by atoms with E-state index in [1.807, 2.05) is 25.1 Å². The van der Waals surface area contributed by atoms with E-state index in [9.17, 15) is 4.79 Å². The highest BCUT2D eigenvalue weighted by molar-refractivity contribution is 5.81. The van der Waals surface area contributed by atoms with Crippen molar-refractivity contribution in [3.05, 3.63) is 39.7 Å². The summed E-state index contributed by atoms with van der Waals surface area (Å²) in [6, 6.07) is 5.77. The van der Waals surface area contributed by atoms with Crippen LogP contribution in [0.15, 0.2) is 23.0 Å². The van der Waals surface area contributed by atoms with Gasteiger partial charge in [0.15, 0.2) is 5.43 Å². The number of nitrogens with one attached hydrogen (secondary N) is 1. The van der Waals surface area contributed by atoms with Crippen LogP contribution >= 0.6 is 0 Å². The molecule has 1 aliphatic heterocycles. The number of likely N-dealkylation sites (tertiary alicyclic amines) is 1. The van der Waals surface area contributed by atoms with Gasteiger partial charge in [0.25, 0.3) is 0 Å². The Kier molecular flexibility index (Phi) is 5.01. The largest absolute Gasteiger partial charge is 0.494 e. The van der Waals surface area contributed by atoms with Crippen molar-refractivity contribution in [2.24, 2.45) is 0 Å². The first-order chi connectivity index (χ1) is 11.2. The minimum atomic E-state index is 0.143. The van der Waals surface area contributed by atoms with E-state index in [4.69, 9.17) is 4.74 Å². The average molecular weight is 314 g/mol. The Morgan fingerprint density at radius 3 is 2.78 bits per heavy atom. The zero-order chi connectivity index (χ0) is 16.2. The summed E-state index contributed by atoms with van der Waals surface area (Å²) in [6.07, 6.45) is 4.61. The number of H-pyrrole nitrogens is 1. The first-order valence-electron chi connectivity index (χ1n) is 8.69. The molecule has 0 radical (unpaired) electrons. The van der Waals surface area contributed by atoms with E-state index in [0.29, 0.717) is 6.61 Å². The summed E-state index contributed by atoms with van der Waals surface area (Å²) in [6.45, 7) is 7.78. The zero-order valence-electron chi connectivity index (χ0n) is 14.2. The monoisotopic (exact) mass is 314 g/mol. The van der Waals surface area contributed by atoms with Gasteiger partial charge in [-0.3, -0.25) is 9.69 Å². The highest BCUT2D eigenvalue weighted by Crippen LogP contribution is 2.20. The lowest BCUT2D eigenvalue weighted by atomic mass is 10.1. The van der Waals surface area contributed by atoms with Crippen molar-refractivity contribution in [3.8, 4) is 5.75 Å². The smallest absolute Gasteiger partial charge is 0.194 e. The maximum Gasteiger partial charge on any atom is 0.194 e. The number of aromatic amines is 1. The molecule has 4 heteroatoms. The van der Waals surface area contributed by atoms with Gasteiger partial charge in [-0.25, -0.2) is 0 Å². The summed E-state index contributed by atoms with van der Waals surface area (Å²) in [5.41, 5.74) is 2.91. The van der Waals surface area contributed by atoms with Crippen molar-refractivity contribution >= 4 is 10.9 Å². The van der Waals surface area contributed by atoms with Gasteiger partial charge >= 0.3 is 0 Å². The lowest BCUT2D eigenvalue weighted by Gasteiger charge is -2.16. The minimum Gasteiger partial charge on any atom is -0.494 e. The molecule has 124 valence electrons. The fourth-order valence-electron chi connectivity index (χ4n) is 3.21. The van der Waals surface area contributed by atoms with Crippen LogP contribution in [0.4, 0.5) is 0 Å². The van der Waals surface area contributed by atoms with E-state index in [0.717, 1.165) is 60.4 Å². The molecule has 0 atom stereocenters. The van der Waals surface area contributed by atoms with Crippen LogP contribution in [0.2, 0.25) is 0 Å². The summed E-state index contributed by atoms with van der Waals surface area (Å²) >= 11 is 0. The fraction of sp³-hybridized carbons (Fsp3) is 0.526. The highest BCUT2D eigenvalue weighted by Gasteiger charge is 2.16. The van der Waals surface area contributed by atoms with E-state index < -0.39 is 0 Å². The van der Waals surface area contributed by atoms with Crippen LogP contribution in [-0.4, -0.2) is 29.6 Å². The van der Waals surface area contributed by atoms with E-state index in [1.165, 1.54) is 12.8 Å². The average Bonchev–Trinajstić information content (AvgIpc) is 3.05. The molecule has 2 aromatic rings. The van der Waals surface area contributed by atoms with Crippen LogP contribution in [0.25, 0.3) is 10.9 Å². The van der Waals surface area contributed by atoms with Crippen LogP contribution in [0.3, 0.4) is 0 Å². The third-order valence-corrected chi connectivity index (χ3v) is 4.63. The molecule has 0 saturated carbocycles. The molecule has 0 bridgehead atoms. The van der Waals surface area contributed by atoms with Crippen LogP contribution < -0.4 is 10.2 Å². The molecule has 23 heavy (non-hydrogen) atoms. The number of hydrogen-bond acceptors (Lipinski definition) is 3. The van der Waals surface area contributed by atoms with E-state index >= 15 is 0 Å². The molecule has 0 spiro atoms. The van der Waals surface area contributed by atoms with Gasteiger partial charge in [-0.15, -0.1) is 0 Å². The van der Waals surface area contributed by atoms with Crippen molar-refractivity contribution in [1.29, 1.82) is 0 Å². The number of rotatable bonds is 6. The third kappa shape index (κ3) is 3.58. The fourth-order valence-corrected chi connectivity index (χ4v) is 3.21. The standard InChI is InChI=1S/C19H26N2O2/c1-3-4-11-23-15-7-8-18-16(12-15)19(22)17(14(2)20-18)13-21-9-5-6-10-21/h7-8,12H,3-6,9-11,13H2,1-2H3,(H,20,22). The lowest BCUT2D eigenvalue weighted by Crippen LogP contribution is -2.24. The Balaban J connectivity index is 1.92. The van der Waals surface area contributed by atoms with E-state index in [1.54, 1.807) is 0 Å². The number of fused-ring (bicyclic) bond motifs is 1. The maximum absolute atomic E-state index is 12.9. The summed E-state index contributed by atoms with van der Waals surface area (Å²) in [5, 5.41) is 0.735. The molecule has 0 aliphatic carbocycles. The molecule has 2 heterocycles. The first-order valence-corrected chi connectivity index (χ1v) is 8.69. The van der Waals surface area contributed by atoms with Crippen molar-refractivity contribution in [2.45, 2.75) is 46.1 Å². The van der Waals surface area contributed by atoms with E-state index in [-0.39, 0.29) is 5.43 Å². The maximum atomic E-state index is 12.9. The number of hydrogen-bond donors (Lipinski definition) is 1. The van der Waals surface area contributed by atoms with Crippen molar-refractivity contribution < 1.29 is 4.74 Å². The molecule has 4 nitrogen and oxygen atoms in total. The predicted octanol–water partition coefficient (Wildman–Crippen LogP) is 3.61. The lowest BCUT2D eigenvalue weighted by molar-refractivity contribution is 0.310. The van der Waals surface area contributed by atoms with Crippen LogP contribution in [0.5, 0.6) is 5.75 Å². The molecule has 1 aliphatic rings. The second-order valence-corrected chi connectivity index (χ2v) is 6.45. The third-order valence-electron chi connectivity index (χ3n) is 4.63. The molecule has 1 saturated heterocycles. The Labute approximate surface area is 137 Å². The van der Waals surface area contributed by atoms with Gasteiger partial charge in [-0.2, -0.15) is 0 Å². The zero-order valence-corrected chi connectivity index (χ0v) is 14.2. The first kappa shape index (κ1) is 16.1. The second-order valence-electron chi connectivity index (χ2n) is 6.45. The van der Waals surface area contributed by atoms with Gasteiger partial charge in [0.1, 0.15) is 5.75 Å².